The van der Waals surface area contributed by atoms with Crippen molar-refractivity contribution in [1.82, 2.24) is 9.78 Å². The minimum absolute atomic E-state index is 0.00640. The molecular formula is C13H12IN3OS. The molecule has 98 valence electrons. The van der Waals surface area contributed by atoms with E-state index < -0.39 is 0 Å². The van der Waals surface area contributed by atoms with Crippen LogP contribution in [-0.4, -0.2) is 22.2 Å². The molecule has 1 aliphatic heterocycles. The van der Waals surface area contributed by atoms with Crippen LogP contribution < -0.4 is 4.90 Å². The van der Waals surface area contributed by atoms with Gasteiger partial charge in [-0.1, -0.05) is 0 Å². The maximum Gasteiger partial charge on any atom is 0.277 e. The zero-order valence-electron chi connectivity index (χ0n) is 10.2. The molecule has 1 aromatic heterocycles. The number of nitrogens with zero attached hydrogens (tertiary/aromatic N) is 3. The second-order valence-electron chi connectivity index (χ2n) is 4.57. The van der Waals surface area contributed by atoms with Crippen molar-refractivity contribution >= 4 is 46.8 Å². The molecule has 0 saturated carbocycles. The Morgan fingerprint density at radius 1 is 1.37 bits per heavy atom. The van der Waals surface area contributed by atoms with Gasteiger partial charge in [0, 0.05) is 17.1 Å². The molecular weight excluding hydrogens is 373 g/mol. The first-order chi connectivity index (χ1) is 9.08. The summed E-state index contributed by atoms with van der Waals surface area (Å²) >= 11 is 6.42. The van der Waals surface area contributed by atoms with E-state index in [1.807, 2.05) is 28.9 Å². The van der Waals surface area contributed by atoms with Crippen molar-refractivity contribution in [3.05, 3.63) is 39.7 Å². The Labute approximate surface area is 130 Å². The summed E-state index contributed by atoms with van der Waals surface area (Å²) in [5, 5.41) is 4.28. The molecule has 1 aromatic carbocycles. The summed E-state index contributed by atoms with van der Waals surface area (Å²) in [6, 6.07) is 7.81. The fourth-order valence-electron chi connectivity index (χ4n) is 2.28. The van der Waals surface area contributed by atoms with Crippen LogP contribution in [0.15, 0.2) is 35.4 Å². The first-order valence-corrected chi connectivity index (χ1v) is 7.44. The molecule has 1 atom stereocenters. The van der Waals surface area contributed by atoms with Crippen LogP contribution in [0, 0.1) is 3.57 Å². The van der Waals surface area contributed by atoms with E-state index in [0.717, 1.165) is 14.2 Å². The Morgan fingerprint density at radius 3 is 2.74 bits per heavy atom. The summed E-state index contributed by atoms with van der Waals surface area (Å²) in [4.78, 5) is 15.3. The molecule has 3 rings (SSSR count). The molecule has 19 heavy (non-hydrogen) atoms. The lowest BCUT2D eigenvalue weighted by atomic mass is 10.1. The standard InChI is InChI=1S/C13H12IN3OS/c1-8-7-16(9-2-4-10(19)5-3-9)13(18)12-11(14)6-15-17(8)12/h2-6,8,19H,7H2,1H3/t8-/m0/s1. The number of aromatic nitrogens is 2. The number of anilines is 1. The number of carbonyl (C=O) groups is 1. The van der Waals surface area contributed by atoms with Gasteiger partial charge in [0.2, 0.25) is 0 Å². The maximum atomic E-state index is 12.6. The number of hydrogen-bond acceptors (Lipinski definition) is 3. The van der Waals surface area contributed by atoms with E-state index in [0.29, 0.717) is 12.2 Å². The highest BCUT2D eigenvalue weighted by Gasteiger charge is 2.32. The Bertz CT molecular complexity index is 638. The zero-order chi connectivity index (χ0) is 13.6. The number of carbonyl (C=O) groups excluding carboxylic acids is 1. The third-order valence-corrected chi connectivity index (χ3v) is 4.31. The molecule has 0 fully saturated rings. The second kappa shape index (κ2) is 4.82. The molecule has 1 amide bonds. The molecule has 0 aliphatic carbocycles. The summed E-state index contributed by atoms with van der Waals surface area (Å²) < 4.78 is 2.71. The fraction of sp³-hybridized carbons (Fsp3) is 0.231. The van der Waals surface area contributed by atoms with Gasteiger partial charge in [-0.25, -0.2) is 0 Å². The van der Waals surface area contributed by atoms with E-state index in [1.54, 1.807) is 11.1 Å². The van der Waals surface area contributed by atoms with Gasteiger partial charge in [0.25, 0.3) is 5.91 Å². The Morgan fingerprint density at radius 2 is 2.05 bits per heavy atom. The Kier molecular flexibility index (Phi) is 3.30. The summed E-state index contributed by atoms with van der Waals surface area (Å²) in [7, 11) is 0. The van der Waals surface area contributed by atoms with Gasteiger partial charge >= 0.3 is 0 Å². The topological polar surface area (TPSA) is 38.1 Å². The molecule has 0 unspecified atom stereocenters. The molecule has 0 bridgehead atoms. The molecule has 4 nitrogen and oxygen atoms in total. The summed E-state index contributed by atoms with van der Waals surface area (Å²) in [6.07, 6.45) is 1.74. The number of benzene rings is 1. The smallest absolute Gasteiger partial charge is 0.277 e. The minimum Gasteiger partial charge on any atom is -0.305 e. The number of fused-ring (bicyclic) bond motifs is 1. The first kappa shape index (κ1) is 13.0. The van der Waals surface area contributed by atoms with Crippen LogP contribution in [0.2, 0.25) is 0 Å². The van der Waals surface area contributed by atoms with Gasteiger partial charge in [-0.15, -0.1) is 12.6 Å². The van der Waals surface area contributed by atoms with Crippen LogP contribution in [0.4, 0.5) is 5.69 Å². The SMILES string of the molecule is C[C@H]1CN(c2ccc(S)cc2)C(=O)c2c(I)cnn21. The van der Waals surface area contributed by atoms with Crippen molar-refractivity contribution < 1.29 is 4.79 Å². The van der Waals surface area contributed by atoms with Crippen LogP contribution in [0.5, 0.6) is 0 Å². The van der Waals surface area contributed by atoms with E-state index in [4.69, 9.17) is 0 Å². The van der Waals surface area contributed by atoms with Gasteiger partial charge in [0.1, 0.15) is 5.69 Å². The van der Waals surface area contributed by atoms with Gasteiger partial charge in [0.05, 0.1) is 15.8 Å². The second-order valence-corrected chi connectivity index (χ2v) is 6.25. The predicted molar refractivity (Wildman–Crippen MR) is 85.0 cm³/mol. The van der Waals surface area contributed by atoms with E-state index in [1.165, 1.54) is 0 Å². The monoisotopic (exact) mass is 385 g/mol. The number of halogens is 1. The van der Waals surface area contributed by atoms with Crippen LogP contribution >= 0.6 is 35.2 Å². The molecule has 2 aromatic rings. The van der Waals surface area contributed by atoms with E-state index in [2.05, 4.69) is 47.2 Å². The molecule has 6 heteroatoms. The van der Waals surface area contributed by atoms with Gasteiger partial charge in [-0.3, -0.25) is 9.48 Å². The van der Waals surface area contributed by atoms with Crippen LogP contribution in [0.1, 0.15) is 23.5 Å². The van der Waals surface area contributed by atoms with Crippen LogP contribution in [0.25, 0.3) is 0 Å². The average molecular weight is 385 g/mol. The molecule has 0 radical (unpaired) electrons. The van der Waals surface area contributed by atoms with Gasteiger partial charge in [-0.05, 0) is 53.8 Å². The van der Waals surface area contributed by atoms with Crippen molar-refractivity contribution in [2.24, 2.45) is 0 Å². The Hall–Kier alpha value is -1.02. The van der Waals surface area contributed by atoms with Crippen molar-refractivity contribution in [3.8, 4) is 0 Å². The van der Waals surface area contributed by atoms with Crippen molar-refractivity contribution in [2.45, 2.75) is 17.9 Å². The molecule has 0 N–H and O–H groups in total. The molecule has 0 spiro atoms. The first-order valence-electron chi connectivity index (χ1n) is 5.92. The average Bonchev–Trinajstić information content (AvgIpc) is 2.78. The highest BCUT2D eigenvalue weighted by atomic mass is 127. The number of hydrogen-bond donors (Lipinski definition) is 1. The summed E-state index contributed by atoms with van der Waals surface area (Å²) in [6.45, 7) is 2.70. The quantitative estimate of drug-likeness (QED) is 0.606. The summed E-state index contributed by atoms with van der Waals surface area (Å²) in [5.41, 5.74) is 1.58. The molecule has 1 aliphatic rings. The molecule has 2 heterocycles. The van der Waals surface area contributed by atoms with E-state index in [9.17, 15) is 4.79 Å². The lowest BCUT2D eigenvalue weighted by Gasteiger charge is -2.32. The van der Waals surface area contributed by atoms with Crippen molar-refractivity contribution in [2.75, 3.05) is 11.4 Å². The van der Waals surface area contributed by atoms with Gasteiger partial charge in [0.15, 0.2) is 0 Å². The van der Waals surface area contributed by atoms with Crippen LogP contribution in [0.3, 0.4) is 0 Å². The van der Waals surface area contributed by atoms with Gasteiger partial charge in [-0.2, -0.15) is 5.10 Å². The van der Waals surface area contributed by atoms with E-state index >= 15 is 0 Å². The highest BCUT2D eigenvalue weighted by Crippen LogP contribution is 2.28. The lowest BCUT2D eigenvalue weighted by molar-refractivity contribution is 0.0952. The number of rotatable bonds is 1. The van der Waals surface area contributed by atoms with Crippen molar-refractivity contribution in [1.29, 1.82) is 0 Å². The lowest BCUT2D eigenvalue weighted by Crippen LogP contribution is -2.42. The third kappa shape index (κ3) is 2.16. The fourth-order valence-corrected chi connectivity index (χ4v) is 3.03. The summed E-state index contributed by atoms with van der Waals surface area (Å²) in [5.74, 6) is 0.00640. The number of amides is 1. The number of thiol groups is 1. The minimum atomic E-state index is 0.00640. The normalized spacial score (nSPS) is 18.6. The van der Waals surface area contributed by atoms with Crippen molar-refractivity contribution in [3.63, 3.8) is 0 Å². The Balaban J connectivity index is 2.04. The van der Waals surface area contributed by atoms with E-state index in [-0.39, 0.29) is 11.9 Å². The van der Waals surface area contributed by atoms with Crippen LogP contribution in [-0.2, 0) is 0 Å². The largest absolute Gasteiger partial charge is 0.305 e. The predicted octanol–water partition coefficient (Wildman–Crippen LogP) is 3.00. The van der Waals surface area contributed by atoms with Gasteiger partial charge < -0.3 is 4.90 Å². The maximum absolute atomic E-state index is 12.6. The zero-order valence-corrected chi connectivity index (χ0v) is 13.3. The third-order valence-electron chi connectivity index (χ3n) is 3.22. The highest BCUT2D eigenvalue weighted by molar-refractivity contribution is 14.1. The molecule has 0 saturated heterocycles.